The van der Waals surface area contributed by atoms with Crippen LogP contribution in [0.4, 0.5) is 0 Å². The van der Waals surface area contributed by atoms with Gasteiger partial charge in [0.05, 0.1) is 0 Å². The summed E-state index contributed by atoms with van der Waals surface area (Å²) < 4.78 is 52.9. The SMILES string of the molecule is CS(=O)(=O)CS(=O)(=O)NC1(CN)CCOCC1. The zero-order valence-electron chi connectivity index (χ0n) is 9.68. The predicted molar refractivity (Wildman–Crippen MR) is 63.6 cm³/mol. The molecule has 1 heterocycles. The van der Waals surface area contributed by atoms with E-state index in [0.717, 1.165) is 6.26 Å². The van der Waals surface area contributed by atoms with Gasteiger partial charge >= 0.3 is 0 Å². The van der Waals surface area contributed by atoms with Gasteiger partial charge in [0.1, 0.15) is 0 Å². The van der Waals surface area contributed by atoms with Crippen molar-refractivity contribution in [1.29, 1.82) is 0 Å². The molecule has 1 rings (SSSR count). The summed E-state index contributed by atoms with van der Waals surface area (Å²) in [7, 11) is -7.47. The second-order valence-corrected chi connectivity index (χ2v) is 8.59. The Kier molecular flexibility index (Phi) is 4.53. The lowest BCUT2D eigenvalue weighted by atomic mass is 9.92. The van der Waals surface area contributed by atoms with Crippen LogP contribution in [0.3, 0.4) is 0 Å². The predicted octanol–water partition coefficient (Wildman–Crippen LogP) is -1.58. The van der Waals surface area contributed by atoms with Gasteiger partial charge in [-0.05, 0) is 12.8 Å². The zero-order valence-corrected chi connectivity index (χ0v) is 11.3. The fraction of sp³-hybridized carbons (Fsp3) is 1.00. The Labute approximate surface area is 102 Å². The third kappa shape index (κ3) is 4.88. The van der Waals surface area contributed by atoms with Crippen LogP contribution in [0.25, 0.3) is 0 Å². The summed E-state index contributed by atoms with van der Waals surface area (Å²) in [4.78, 5) is 0. The van der Waals surface area contributed by atoms with Crippen LogP contribution in [0.5, 0.6) is 0 Å². The van der Waals surface area contributed by atoms with Crippen LogP contribution in [-0.2, 0) is 24.6 Å². The zero-order chi connectivity index (χ0) is 13.2. The van der Waals surface area contributed by atoms with E-state index in [4.69, 9.17) is 10.5 Å². The van der Waals surface area contributed by atoms with E-state index in [1.54, 1.807) is 0 Å². The molecule has 1 aliphatic heterocycles. The Morgan fingerprint density at radius 3 is 2.18 bits per heavy atom. The maximum atomic E-state index is 11.7. The fourth-order valence-electron chi connectivity index (χ4n) is 1.75. The highest BCUT2D eigenvalue weighted by Gasteiger charge is 2.36. The third-order valence-corrected chi connectivity index (χ3v) is 6.28. The average Bonchev–Trinajstić information content (AvgIpc) is 2.14. The van der Waals surface area contributed by atoms with Crippen molar-refractivity contribution in [3.63, 3.8) is 0 Å². The van der Waals surface area contributed by atoms with E-state index in [2.05, 4.69) is 4.72 Å². The number of sulfonamides is 1. The second-order valence-electron chi connectivity index (χ2n) is 4.36. The highest BCUT2D eigenvalue weighted by Crippen LogP contribution is 2.20. The Morgan fingerprint density at radius 2 is 1.76 bits per heavy atom. The van der Waals surface area contributed by atoms with Crippen molar-refractivity contribution >= 4 is 19.9 Å². The van der Waals surface area contributed by atoms with E-state index in [1.165, 1.54) is 0 Å². The van der Waals surface area contributed by atoms with E-state index in [9.17, 15) is 16.8 Å². The van der Waals surface area contributed by atoms with E-state index in [1.807, 2.05) is 0 Å². The monoisotopic (exact) mass is 286 g/mol. The van der Waals surface area contributed by atoms with Crippen molar-refractivity contribution in [2.24, 2.45) is 5.73 Å². The third-order valence-electron chi connectivity index (χ3n) is 2.58. The average molecular weight is 286 g/mol. The quantitative estimate of drug-likeness (QED) is 0.630. The van der Waals surface area contributed by atoms with Gasteiger partial charge in [-0.1, -0.05) is 0 Å². The van der Waals surface area contributed by atoms with Gasteiger partial charge in [0.2, 0.25) is 10.0 Å². The molecular formula is C8H18N2O5S2. The number of sulfone groups is 1. The van der Waals surface area contributed by atoms with E-state index >= 15 is 0 Å². The van der Waals surface area contributed by atoms with E-state index in [0.29, 0.717) is 26.1 Å². The highest BCUT2D eigenvalue weighted by atomic mass is 32.3. The van der Waals surface area contributed by atoms with Gasteiger partial charge in [-0.25, -0.2) is 21.6 Å². The summed E-state index contributed by atoms with van der Waals surface area (Å²) in [6.07, 6.45) is 1.78. The maximum absolute atomic E-state index is 11.7. The van der Waals surface area contributed by atoms with Crippen LogP contribution in [0.2, 0.25) is 0 Å². The molecule has 3 N–H and O–H groups in total. The molecule has 0 radical (unpaired) electrons. The summed E-state index contributed by atoms with van der Waals surface area (Å²) in [6.45, 7) is 0.955. The molecule has 7 nitrogen and oxygen atoms in total. The molecule has 0 unspecified atom stereocenters. The standard InChI is InChI=1S/C8H18N2O5S2/c1-16(11,12)7-17(13,14)10-8(6-9)2-4-15-5-3-8/h10H,2-7,9H2,1H3. The molecule has 0 bridgehead atoms. The molecule has 0 aliphatic carbocycles. The number of ether oxygens (including phenoxy) is 1. The van der Waals surface area contributed by atoms with Crippen molar-refractivity contribution in [3.05, 3.63) is 0 Å². The van der Waals surface area contributed by atoms with Gasteiger partial charge in [-0.15, -0.1) is 0 Å². The van der Waals surface area contributed by atoms with Gasteiger partial charge in [0.15, 0.2) is 14.9 Å². The van der Waals surface area contributed by atoms with Crippen molar-refractivity contribution in [2.45, 2.75) is 18.4 Å². The molecule has 0 aromatic heterocycles. The Bertz CT molecular complexity index is 450. The normalized spacial score (nSPS) is 21.3. The summed E-state index contributed by atoms with van der Waals surface area (Å²) in [5.74, 6) is 0. The van der Waals surface area contributed by atoms with Crippen LogP contribution in [-0.4, -0.2) is 53.5 Å². The number of nitrogens with two attached hydrogens (primary N) is 1. The molecule has 0 amide bonds. The Morgan fingerprint density at radius 1 is 1.24 bits per heavy atom. The van der Waals surface area contributed by atoms with Crippen LogP contribution >= 0.6 is 0 Å². The van der Waals surface area contributed by atoms with E-state index < -0.39 is 30.5 Å². The lowest BCUT2D eigenvalue weighted by molar-refractivity contribution is 0.0502. The van der Waals surface area contributed by atoms with Gasteiger partial charge in [0, 0.05) is 31.6 Å². The van der Waals surface area contributed by atoms with Gasteiger partial charge in [0.25, 0.3) is 0 Å². The molecule has 102 valence electrons. The summed E-state index contributed by atoms with van der Waals surface area (Å²) in [5.41, 5.74) is 4.80. The van der Waals surface area contributed by atoms with Crippen LogP contribution in [0.15, 0.2) is 0 Å². The van der Waals surface area contributed by atoms with Crippen molar-refractivity contribution in [2.75, 3.05) is 31.1 Å². The van der Waals surface area contributed by atoms with Crippen molar-refractivity contribution < 1.29 is 21.6 Å². The number of hydrogen-bond donors (Lipinski definition) is 2. The summed E-state index contributed by atoms with van der Waals surface area (Å²) in [6, 6.07) is 0. The molecule has 0 atom stereocenters. The van der Waals surface area contributed by atoms with Crippen LogP contribution in [0, 0.1) is 0 Å². The lowest BCUT2D eigenvalue weighted by Crippen LogP contribution is -2.57. The minimum atomic E-state index is -3.88. The highest BCUT2D eigenvalue weighted by molar-refractivity contribution is 8.06. The maximum Gasteiger partial charge on any atom is 0.226 e. The first kappa shape index (κ1) is 14.8. The number of nitrogens with one attached hydrogen (secondary N) is 1. The molecule has 0 aromatic carbocycles. The number of rotatable bonds is 5. The van der Waals surface area contributed by atoms with Crippen LogP contribution in [0.1, 0.15) is 12.8 Å². The molecular weight excluding hydrogens is 268 g/mol. The fourth-order valence-corrected chi connectivity index (χ4v) is 5.19. The topological polar surface area (TPSA) is 116 Å². The van der Waals surface area contributed by atoms with Crippen LogP contribution < -0.4 is 10.5 Å². The first-order valence-corrected chi connectivity index (χ1v) is 8.87. The van der Waals surface area contributed by atoms with E-state index in [-0.39, 0.29) is 6.54 Å². The number of hydrogen-bond acceptors (Lipinski definition) is 6. The van der Waals surface area contributed by atoms with Gasteiger partial charge in [-0.2, -0.15) is 0 Å². The molecule has 0 spiro atoms. The lowest BCUT2D eigenvalue weighted by Gasteiger charge is -2.36. The van der Waals surface area contributed by atoms with Crippen molar-refractivity contribution in [1.82, 2.24) is 4.72 Å². The smallest absolute Gasteiger partial charge is 0.226 e. The molecule has 1 fully saturated rings. The summed E-state index contributed by atoms with van der Waals surface area (Å²) >= 11 is 0. The molecule has 17 heavy (non-hydrogen) atoms. The molecule has 1 saturated heterocycles. The van der Waals surface area contributed by atoms with Crippen molar-refractivity contribution in [3.8, 4) is 0 Å². The Hall–Kier alpha value is -0.220. The summed E-state index contributed by atoms with van der Waals surface area (Å²) in [5, 5.41) is -0.914. The first-order chi connectivity index (χ1) is 7.68. The molecule has 9 heteroatoms. The minimum absolute atomic E-state index is 0.124. The largest absolute Gasteiger partial charge is 0.381 e. The first-order valence-electron chi connectivity index (χ1n) is 5.15. The molecule has 0 saturated carbocycles. The second kappa shape index (κ2) is 5.19. The van der Waals surface area contributed by atoms with Gasteiger partial charge < -0.3 is 10.5 Å². The van der Waals surface area contributed by atoms with Gasteiger partial charge in [-0.3, -0.25) is 0 Å². The molecule has 1 aliphatic rings. The minimum Gasteiger partial charge on any atom is -0.381 e. The Balaban J connectivity index is 2.80. The molecule has 0 aromatic rings.